The molecule has 0 spiro atoms. The molecule has 0 saturated carbocycles. The lowest BCUT2D eigenvalue weighted by Crippen LogP contribution is -2.30. The van der Waals surface area contributed by atoms with Crippen LogP contribution in [-0.4, -0.2) is 96.7 Å². The zero-order chi connectivity index (χ0) is 71.4. The summed E-state index contributed by atoms with van der Waals surface area (Å²) in [4.78, 5) is 72.9. The summed E-state index contributed by atoms with van der Waals surface area (Å²) in [6.45, 7) is 9.67. The third-order valence-corrected chi connectivity index (χ3v) is 20.8. The van der Waals surface area contributed by atoms with Gasteiger partial charge in [-0.1, -0.05) is 356 Å². The highest BCUT2D eigenvalue weighted by Gasteiger charge is 2.30. The number of hydrogen-bond donors (Lipinski definition) is 3. The molecule has 0 amide bonds. The number of unbranched alkanes of at least 4 members (excludes halogenated alkanes) is 45. The average Bonchev–Trinajstić information content (AvgIpc) is 1.41. The zero-order valence-corrected chi connectivity index (χ0v) is 65.2. The van der Waals surface area contributed by atoms with Crippen LogP contribution < -0.4 is 0 Å². The molecule has 3 N–H and O–H groups in total. The van der Waals surface area contributed by atoms with E-state index < -0.39 is 97.5 Å². The maximum absolute atomic E-state index is 13.1. The first-order valence-electron chi connectivity index (χ1n) is 40.6. The predicted octanol–water partition coefficient (Wildman–Crippen LogP) is 23.1. The van der Waals surface area contributed by atoms with E-state index in [0.29, 0.717) is 25.7 Å². The van der Waals surface area contributed by atoms with Crippen LogP contribution in [0, 0.1) is 11.8 Å². The summed E-state index contributed by atoms with van der Waals surface area (Å²) in [7, 11) is -9.92. The molecular weight excluding hydrogens is 1270 g/mol. The molecule has 0 aromatic rings. The quantitative estimate of drug-likeness (QED) is 0.0222. The van der Waals surface area contributed by atoms with Crippen molar-refractivity contribution in [1.82, 2.24) is 0 Å². The number of aliphatic hydroxyl groups is 1. The van der Waals surface area contributed by atoms with Crippen molar-refractivity contribution in [2.45, 2.75) is 426 Å². The van der Waals surface area contributed by atoms with Gasteiger partial charge < -0.3 is 33.8 Å². The van der Waals surface area contributed by atoms with Crippen LogP contribution in [0.25, 0.3) is 0 Å². The second-order valence-electron chi connectivity index (χ2n) is 28.6. The normalized spacial score (nSPS) is 14.5. The second kappa shape index (κ2) is 69.8. The van der Waals surface area contributed by atoms with Crippen molar-refractivity contribution in [3.63, 3.8) is 0 Å². The highest BCUT2D eigenvalue weighted by Crippen LogP contribution is 2.45. The number of phosphoric ester groups is 2. The first-order valence-corrected chi connectivity index (χ1v) is 43.6. The monoisotopic (exact) mass is 1420 g/mol. The molecule has 0 aliphatic heterocycles. The minimum Gasteiger partial charge on any atom is -0.462 e. The average molecular weight is 1420 g/mol. The molecule has 97 heavy (non-hydrogen) atoms. The largest absolute Gasteiger partial charge is 0.472 e. The van der Waals surface area contributed by atoms with Crippen molar-refractivity contribution in [2.24, 2.45) is 11.8 Å². The maximum Gasteiger partial charge on any atom is 0.472 e. The van der Waals surface area contributed by atoms with Gasteiger partial charge in [0.1, 0.15) is 19.3 Å². The molecule has 4 unspecified atom stereocenters. The summed E-state index contributed by atoms with van der Waals surface area (Å²) in [6.07, 6.45) is 58.0. The van der Waals surface area contributed by atoms with Gasteiger partial charge in [0.2, 0.25) is 0 Å². The van der Waals surface area contributed by atoms with Gasteiger partial charge in [0.15, 0.2) is 12.2 Å². The van der Waals surface area contributed by atoms with Gasteiger partial charge in [-0.15, -0.1) is 0 Å². The molecule has 0 aliphatic carbocycles. The third kappa shape index (κ3) is 69.5. The van der Waals surface area contributed by atoms with Crippen molar-refractivity contribution in [2.75, 3.05) is 39.6 Å². The van der Waals surface area contributed by atoms with Crippen molar-refractivity contribution in [3.8, 4) is 0 Å². The van der Waals surface area contributed by atoms with E-state index in [4.69, 9.17) is 37.0 Å². The fourth-order valence-corrected chi connectivity index (χ4v) is 13.5. The number of rotatable bonds is 77. The topological polar surface area (TPSA) is 237 Å². The molecule has 17 nitrogen and oxygen atoms in total. The molecule has 7 atom stereocenters. The zero-order valence-electron chi connectivity index (χ0n) is 63.4. The van der Waals surface area contributed by atoms with E-state index in [9.17, 15) is 43.2 Å². The molecule has 19 heteroatoms. The maximum atomic E-state index is 13.1. The summed E-state index contributed by atoms with van der Waals surface area (Å²) in [5.74, 6) is -0.499. The Morgan fingerprint density at radius 2 is 0.495 bits per heavy atom. The van der Waals surface area contributed by atoms with Gasteiger partial charge in [-0.05, 0) is 37.5 Å². The summed E-state index contributed by atoms with van der Waals surface area (Å²) in [5, 5.41) is 10.6. The van der Waals surface area contributed by atoms with E-state index in [1.165, 1.54) is 225 Å². The summed E-state index contributed by atoms with van der Waals surface area (Å²) in [5.41, 5.74) is 0. The molecule has 0 aromatic carbocycles. The SMILES string of the molecule is CCCCCCCCCCCCCCCCCCCCC(=O)O[C@H](COC(=O)CCCCCCCCCCCCC(C)CC)COP(=O)(O)OC[C@@H](O)COP(=O)(O)OC[C@@H](COC(=O)CCCCCCCCCCCCC)OC(=O)CCCCCCCCCCCCC(C)CC. The van der Waals surface area contributed by atoms with Crippen LogP contribution in [0.1, 0.15) is 408 Å². The first kappa shape index (κ1) is 95.1. The lowest BCUT2D eigenvalue weighted by Gasteiger charge is -2.21. The standard InChI is InChI=1S/C78H152O17P2/c1-7-11-13-15-17-19-21-22-23-24-25-26-27-29-38-44-50-56-62-77(82)94-73(67-89-76(81)61-55-49-43-37-32-30-34-40-46-52-58-70(5)9-3)68-92-96(84,85)90-64-72(79)65-91-97(86,87)93-69-74(66-88-75(80)60-54-48-42-36-28-20-18-16-14-12-8-2)95-78(83)63-57-51-45-39-33-31-35-41-47-53-59-71(6)10-4/h70-74,79H,7-69H2,1-6H3,(H,84,85)(H,86,87)/t70?,71?,72-,73-,74-/m1/s1. The van der Waals surface area contributed by atoms with Gasteiger partial charge in [-0.2, -0.15) is 0 Å². The number of carbonyl (C=O) groups is 4. The van der Waals surface area contributed by atoms with Gasteiger partial charge in [-0.3, -0.25) is 37.3 Å². The molecule has 0 saturated heterocycles. The molecule has 0 aliphatic rings. The van der Waals surface area contributed by atoms with Crippen LogP contribution >= 0.6 is 15.6 Å². The number of carbonyl (C=O) groups excluding carboxylic acids is 4. The lowest BCUT2D eigenvalue weighted by molar-refractivity contribution is -0.161. The summed E-state index contributed by atoms with van der Waals surface area (Å²) >= 11 is 0. The van der Waals surface area contributed by atoms with E-state index in [2.05, 4.69) is 41.5 Å². The Labute approximate surface area is 594 Å². The van der Waals surface area contributed by atoms with E-state index in [1.54, 1.807) is 0 Å². The number of aliphatic hydroxyl groups excluding tert-OH is 1. The van der Waals surface area contributed by atoms with E-state index in [1.807, 2.05) is 0 Å². The Balaban J connectivity index is 5.26. The van der Waals surface area contributed by atoms with Gasteiger partial charge in [0.05, 0.1) is 26.4 Å². The minimum absolute atomic E-state index is 0.107. The van der Waals surface area contributed by atoms with Crippen molar-refractivity contribution in [1.29, 1.82) is 0 Å². The Morgan fingerprint density at radius 1 is 0.289 bits per heavy atom. The second-order valence-corrected chi connectivity index (χ2v) is 31.5. The third-order valence-electron chi connectivity index (χ3n) is 18.9. The molecular formula is C78H152O17P2. The van der Waals surface area contributed by atoms with Crippen molar-refractivity contribution < 1.29 is 80.2 Å². The number of phosphoric acid groups is 2. The number of esters is 4. The van der Waals surface area contributed by atoms with E-state index >= 15 is 0 Å². The molecule has 576 valence electrons. The van der Waals surface area contributed by atoms with Gasteiger partial charge >= 0.3 is 39.5 Å². The van der Waals surface area contributed by atoms with Crippen LogP contribution in [0.2, 0.25) is 0 Å². The van der Waals surface area contributed by atoms with Crippen LogP contribution in [0.5, 0.6) is 0 Å². The molecule has 0 radical (unpaired) electrons. The fourth-order valence-electron chi connectivity index (χ4n) is 11.9. The molecule has 0 heterocycles. The van der Waals surface area contributed by atoms with Crippen molar-refractivity contribution >= 4 is 39.5 Å². The predicted molar refractivity (Wildman–Crippen MR) is 395 cm³/mol. The van der Waals surface area contributed by atoms with Crippen LogP contribution in [0.3, 0.4) is 0 Å². The Hall–Kier alpha value is -1.94. The van der Waals surface area contributed by atoms with Gasteiger partial charge in [0.25, 0.3) is 0 Å². The molecule has 0 fully saturated rings. The van der Waals surface area contributed by atoms with Gasteiger partial charge in [-0.25, -0.2) is 9.13 Å². The highest BCUT2D eigenvalue weighted by molar-refractivity contribution is 7.47. The molecule has 0 rings (SSSR count). The first-order chi connectivity index (χ1) is 46.9. The van der Waals surface area contributed by atoms with Crippen molar-refractivity contribution in [3.05, 3.63) is 0 Å². The lowest BCUT2D eigenvalue weighted by atomic mass is 9.99. The minimum atomic E-state index is -4.96. The van der Waals surface area contributed by atoms with E-state index in [-0.39, 0.29) is 25.7 Å². The Kier molecular flexibility index (Phi) is 68.4. The number of hydrogen-bond acceptors (Lipinski definition) is 15. The van der Waals surface area contributed by atoms with Gasteiger partial charge in [0, 0.05) is 25.7 Å². The van der Waals surface area contributed by atoms with Crippen LogP contribution in [0.4, 0.5) is 0 Å². The molecule has 0 aromatic heterocycles. The smallest absolute Gasteiger partial charge is 0.462 e. The highest BCUT2D eigenvalue weighted by atomic mass is 31.2. The Bertz CT molecular complexity index is 1880. The van der Waals surface area contributed by atoms with E-state index in [0.717, 1.165) is 102 Å². The van der Waals surface area contributed by atoms with Crippen LogP contribution in [-0.2, 0) is 65.4 Å². The molecule has 0 bridgehead atoms. The summed E-state index contributed by atoms with van der Waals surface area (Å²) < 4.78 is 68.6. The van der Waals surface area contributed by atoms with Crippen LogP contribution in [0.15, 0.2) is 0 Å². The number of ether oxygens (including phenoxy) is 4. The summed E-state index contributed by atoms with van der Waals surface area (Å²) in [6, 6.07) is 0. The Morgan fingerprint density at radius 3 is 0.732 bits per heavy atom. The fraction of sp³-hybridized carbons (Fsp3) is 0.949.